The van der Waals surface area contributed by atoms with E-state index in [-0.39, 0.29) is 24.4 Å². The number of amides is 2. The van der Waals surface area contributed by atoms with Gasteiger partial charge in [-0.2, -0.15) is 0 Å². The molecule has 1 atom stereocenters. The first kappa shape index (κ1) is 21.3. The number of nitrogens with zero attached hydrogens (tertiary/aromatic N) is 2. The van der Waals surface area contributed by atoms with Crippen LogP contribution in [0.3, 0.4) is 0 Å². The van der Waals surface area contributed by atoms with E-state index in [1.54, 1.807) is 35.5 Å². The number of fused-ring (bicyclic) bond motifs is 1. The predicted molar refractivity (Wildman–Crippen MR) is 125 cm³/mol. The Morgan fingerprint density at radius 1 is 1.19 bits per heavy atom. The van der Waals surface area contributed by atoms with Crippen LogP contribution in [-0.2, 0) is 11.2 Å². The van der Waals surface area contributed by atoms with Crippen LogP contribution in [0.2, 0.25) is 0 Å². The molecule has 0 bridgehead atoms. The fraction of sp³-hybridized carbons (Fsp3) is 0.250. The van der Waals surface area contributed by atoms with Gasteiger partial charge in [0, 0.05) is 18.0 Å². The van der Waals surface area contributed by atoms with Crippen molar-refractivity contribution >= 4 is 34.5 Å². The molecule has 0 fully saturated rings. The van der Waals surface area contributed by atoms with Crippen molar-refractivity contribution < 1.29 is 14.3 Å². The Morgan fingerprint density at radius 2 is 2.00 bits per heavy atom. The molecule has 1 aliphatic rings. The second-order valence-corrected chi connectivity index (χ2v) is 9.21. The minimum atomic E-state index is -0.171. The van der Waals surface area contributed by atoms with Crippen LogP contribution in [0.1, 0.15) is 31.7 Å². The predicted octanol–water partition coefficient (Wildman–Crippen LogP) is 4.62. The molecule has 5 nitrogen and oxygen atoms in total. The van der Waals surface area contributed by atoms with Crippen molar-refractivity contribution in [3.8, 4) is 5.75 Å². The highest BCUT2D eigenvalue weighted by Gasteiger charge is 2.34. The molecule has 1 unspecified atom stereocenters. The lowest BCUT2D eigenvalue weighted by atomic mass is 9.93. The van der Waals surface area contributed by atoms with Gasteiger partial charge in [0.05, 0.1) is 18.0 Å². The number of thiophene rings is 2. The first-order valence-corrected chi connectivity index (χ1v) is 11.8. The minimum Gasteiger partial charge on any atom is -0.497 e. The van der Waals surface area contributed by atoms with Gasteiger partial charge in [-0.3, -0.25) is 9.59 Å². The van der Waals surface area contributed by atoms with Crippen molar-refractivity contribution in [2.45, 2.75) is 12.5 Å². The molecule has 160 valence electrons. The summed E-state index contributed by atoms with van der Waals surface area (Å²) in [4.78, 5) is 31.8. The highest BCUT2D eigenvalue weighted by atomic mass is 32.1. The molecule has 2 aromatic heterocycles. The lowest BCUT2D eigenvalue weighted by Gasteiger charge is -2.37. The van der Waals surface area contributed by atoms with Gasteiger partial charge in [-0.05, 0) is 52.6 Å². The number of hydrogen-bond acceptors (Lipinski definition) is 5. The first-order valence-electron chi connectivity index (χ1n) is 10.1. The largest absolute Gasteiger partial charge is 0.497 e. The van der Waals surface area contributed by atoms with Gasteiger partial charge >= 0.3 is 0 Å². The Hall–Kier alpha value is -2.90. The fourth-order valence-corrected chi connectivity index (χ4v) is 5.51. The van der Waals surface area contributed by atoms with E-state index in [1.807, 2.05) is 40.6 Å². The van der Waals surface area contributed by atoms with E-state index < -0.39 is 0 Å². The molecule has 0 spiro atoms. The first-order chi connectivity index (χ1) is 15.1. The third-order valence-corrected chi connectivity index (χ3v) is 7.27. The van der Waals surface area contributed by atoms with Crippen LogP contribution in [0.4, 0.5) is 0 Å². The topological polar surface area (TPSA) is 49.9 Å². The van der Waals surface area contributed by atoms with Crippen molar-refractivity contribution in [3.63, 3.8) is 0 Å². The normalized spacial score (nSPS) is 15.3. The van der Waals surface area contributed by atoms with Gasteiger partial charge in [0.1, 0.15) is 12.3 Å². The summed E-state index contributed by atoms with van der Waals surface area (Å²) in [5, 5.41) is 3.95. The van der Waals surface area contributed by atoms with Crippen molar-refractivity contribution in [1.29, 1.82) is 0 Å². The molecule has 7 heteroatoms. The average Bonchev–Trinajstić information content (AvgIpc) is 3.49. The van der Waals surface area contributed by atoms with Crippen molar-refractivity contribution in [2.24, 2.45) is 0 Å². The van der Waals surface area contributed by atoms with E-state index in [0.29, 0.717) is 18.0 Å². The lowest BCUT2D eigenvalue weighted by Crippen LogP contribution is -2.46. The second kappa shape index (κ2) is 9.49. The summed E-state index contributed by atoms with van der Waals surface area (Å²) in [6.07, 6.45) is 2.48. The Kier molecular flexibility index (Phi) is 6.53. The number of rotatable bonds is 7. The fourth-order valence-electron chi connectivity index (χ4n) is 3.92. The zero-order chi connectivity index (χ0) is 21.8. The molecule has 0 N–H and O–H groups in total. The van der Waals surface area contributed by atoms with Crippen molar-refractivity contribution in [1.82, 2.24) is 9.80 Å². The highest BCUT2D eigenvalue weighted by molar-refractivity contribution is 7.12. The maximum Gasteiger partial charge on any atom is 0.264 e. The third kappa shape index (κ3) is 4.43. The van der Waals surface area contributed by atoms with E-state index >= 15 is 0 Å². The number of ether oxygens (including phenoxy) is 1. The van der Waals surface area contributed by atoms with Crippen molar-refractivity contribution in [2.75, 3.05) is 26.7 Å². The summed E-state index contributed by atoms with van der Waals surface area (Å²) in [6, 6.07) is 13.4. The van der Waals surface area contributed by atoms with Crippen LogP contribution in [0.25, 0.3) is 0 Å². The van der Waals surface area contributed by atoms with Gasteiger partial charge in [0.15, 0.2) is 0 Å². The Bertz CT molecular complexity index is 1060. The highest BCUT2D eigenvalue weighted by Crippen LogP contribution is 2.38. The molecule has 2 amide bonds. The quantitative estimate of drug-likeness (QED) is 0.492. The molecular formula is C24H24N2O3S2. The van der Waals surface area contributed by atoms with Crippen molar-refractivity contribution in [3.05, 3.63) is 86.8 Å². The van der Waals surface area contributed by atoms with Crippen LogP contribution in [0.15, 0.2) is 65.9 Å². The minimum absolute atomic E-state index is 0.0227. The number of carbonyl (C=O) groups is 2. The molecule has 0 radical (unpaired) electrons. The number of methoxy groups -OCH3 is 1. The SMILES string of the molecule is C=CCN(CC(=O)N1CCc2sccc2C1c1ccc(OC)cc1)C(=O)c1cccs1. The molecule has 3 heterocycles. The monoisotopic (exact) mass is 452 g/mol. The molecule has 3 aromatic rings. The Morgan fingerprint density at radius 3 is 2.68 bits per heavy atom. The summed E-state index contributed by atoms with van der Waals surface area (Å²) in [5.74, 6) is 0.573. The zero-order valence-corrected chi connectivity index (χ0v) is 19.0. The molecule has 1 aliphatic heterocycles. The van der Waals surface area contributed by atoms with Gasteiger partial charge in [0.25, 0.3) is 5.91 Å². The third-order valence-electron chi connectivity index (χ3n) is 5.41. The number of hydrogen-bond donors (Lipinski definition) is 0. The molecular weight excluding hydrogens is 428 g/mol. The second-order valence-electron chi connectivity index (χ2n) is 7.26. The van der Waals surface area contributed by atoms with Gasteiger partial charge in [-0.1, -0.05) is 24.3 Å². The van der Waals surface area contributed by atoms with Crippen LogP contribution in [0.5, 0.6) is 5.75 Å². The van der Waals surface area contributed by atoms with Gasteiger partial charge in [0.2, 0.25) is 5.91 Å². The van der Waals surface area contributed by atoms with Gasteiger partial charge in [-0.25, -0.2) is 0 Å². The summed E-state index contributed by atoms with van der Waals surface area (Å²) >= 11 is 3.11. The van der Waals surface area contributed by atoms with E-state index in [4.69, 9.17) is 4.74 Å². The molecule has 0 aliphatic carbocycles. The van der Waals surface area contributed by atoms with Gasteiger partial charge < -0.3 is 14.5 Å². The van der Waals surface area contributed by atoms with E-state index in [2.05, 4.69) is 18.0 Å². The molecule has 0 saturated carbocycles. The van der Waals surface area contributed by atoms with E-state index in [9.17, 15) is 9.59 Å². The molecule has 4 rings (SSSR count). The maximum atomic E-state index is 13.5. The van der Waals surface area contributed by atoms with Crippen LogP contribution < -0.4 is 4.74 Å². The average molecular weight is 453 g/mol. The van der Waals surface area contributed by atoms with E-state index in [0.717, 1.165) is 23.3 Å². The van der Waals surface area contributed by atoms with E-state index in [1.165, 1.54) is 16.2 Å². The van der Waals surface area contributed by atoms with Crippen LogP contribution >= 0.6 is 22.7 Å². The molecule has 1 aromatic carbocycles. The lowest BCUT2D eigenvalue weighted by molar-refractivity contribution is -0.133. The Labute approximate surface area is 190 Å². The summed E-state index contributed by atoms with van der Waals surface area (Å²) in [6.45, 7) is 4.73. The molecule has 0 saturated heterocycles. The molecule has 31 heavy (non-hydrogen) atoms. The summed E-state index contributed by atoms with van der Waals surface area (Å²) in [7, 11) is 1.64. The zero-order valence-electron chi connectivity index (χ0n) is 17.3. The standard InChI is InChI=1S/C24H24N2O3S2/c1-3-12-25(24(28)21-5-4-14-30-21)16-22(27)26-13-10-20-19(11-15-31-20)23(26)17-6-8-18(29-2)9-7-17/h3-9,11,14-15,23H,1,10,12-13,16H2,2H3. The smallest absolute Gasteiger partial charge is 0.264 e. The Balaban J connectivity index is 1.61. The number of carbonyl (C=O) groups excluding carboxylic acids is 2. The van der Waals surface area contributed by atoms with Gasteiger partial charge in [-0.15, -0.1) is 29.3 Å². The maximum absolute atomic E-state index is 13.5. The number of benzene rings is 1. The summed E-state index contributed by atoms with van der Waals surface area (Å²) in [5.41, 5.74) is 2.20. The van der Waals surface area contributed by atoms with Crippen LogP contribution in [0, 0.1) is 0 Å². The van der Waals surface area contributed by atoms with Crippen LogP contribution in [-0.4, -0.2) is 48.4 Å². The summed E-state index contributed by atoms with van der Waals surface area (Å²) < 4.78 is 5.30.